The van der Waals surface area contributed by atoms with E-state index in [1.54, 1.807) is 0 Å². The molecule has 29 heavy (non-hydrogen) atoms. The summed E-state index contributed by atoms with van der Waals surface area (Å²) in [5.41, 5.74) is 4.70. The van der Waals surface area contributed by atoms with Gasteiger partial charge in [0.05, 0.1) is 10.8 Å². The molecule has 0 spiro atoms. The number of rotatable bonds is 13. The van der Waals surface area contributed by atoms with E-state index >= 15 is 0 Å². The molecule has 1 aromatic carbocycles. The first-order valence-electron chi connectivity index (χ1n) is 11.3. The second-order valence-corrected chi connectivity index (χ2v) is 9.64. The number of unbranched alkanes of at least 4 members (excludes halogenated alkanes) is 3. The largest absolute Gasteiger partial charge is 0.481 e. The summed E-state index contributed by atoms with van der Waals surface area (Å²) in [4.78, 5) is 22.6. The van der Waals surface area contributed by atoms with Crippen molar-refractivity contribution in [2.24, 2.45) is 10.8 Å². The van der Waals surface area contributed by atoms with E-state index in [4.69, 9.17) is 0 Å². The van der Waals surface area contributed by atoms with E-state index in [1.807, 2.05) is 0 Å². The Hall–Kier alpha value is -1.84. The van der Waals surface area contributed by atoms with Crippen molar-refractivity contribution in [2.75, 3.05) is 0 Å². The maximum atomic E-state index is 11.3. The molecule has 1 aromatic rings. The van der Waals surface area contributed by atoms with Crippen molar-refractivity contribution in [2.45, 2.75) is 97.3 Å². The molecule has 0 bridgehead atoms. The number of aryl methyl sites for hydroxylation is 4. The Labute approximate surface area is 174 Å². The maximum absolute atomic E-state index is 11.3. The molecule has 0 aliphatic heterocycles. The Balaban J connectivity index is 1.45. The third-order valence-corrected chi connectivity index (χ3v) is 7.38. The predicted molar refractivity (Wildman–Crippen MR) is 114 cm³/mol. The lowest BCUT2D eigenvalue weighted by atomic mass is 9.91. The van der Waals surface area contributed by atoms with Gasteiger partial charge in [0.15, 0.2) is 0 Å². The molecule has 2 aliphatic rings. The first kappa shape index (κ1) is 21.9. The molecule has 3 rings (SSSR count). The second-order valence-electron chi connectivity index (χ2n) is 9.64. The average molecular weight is 401 g/mol. The summed E-state index contributed by atoms with van der Waals surface area (Å²) < 4.78 is 0. The number of carboxylic acid groups (broad SMARTS) is 2. The van der Waals surface area contributed by atoms with E-state index in [9.17, 15) is 19.8 Å². The Morgan fingerprint density at radius 1 is 0.724 bits per heavy atom. The number of hydrogen-bond acceptors (Lipinski definition) is 2. The zero-order chi connectivity index (χ0) is 21.1. The van der Waals surface area contributed by atoms with Crippen molar-refractivity contribution in [1.29, 1.82) is 0 Å². The summed E-state index contributed by atoms with van der Waals surface area (Å²) in [5, 5.41) is 18.6. The fourth-order valence-corrected chi connectivity index (χ4v) is 4.58. The quantitative estimate of drug-likeness (QED) is 0.407. The van der Waals surface area contributed by atoms with Crippen LogP contribution in [-0.2, 0) is 22.4 Å². The van der Waals surface area contributed by atoms with E-state index < -0.39 is 17.4 Å². The van der Waals surface area contributed by atoms with E-state index in [2.05, 4.69) is 26.0 Å². The van der Waals surface area contributed by atoms with E-state index in [1.165, 1.54) is 22.3 Å². The van der Waals surface area contributed by atoms with Crippen LogP contribution in [0.5, 0.6) is 0 Å². The van der Waals surface area contributed by atoms with Gasteiger partial charge in [-0.05, 0) is 100 Å². The molecule has 0 saturated heterocycles. The van der Waals surface area contributed by atoms with E-state index in [0.29, 0.717) is 0 Å². The standard InChI is InChI=1S/C25H36O4/c1-18-16-20(8-4-3-6-10-24(12-13-24)22(26)27)21(17-19(18)2)9-5-7-11-25(14-15-25)23(28)29/h16-17H,3-15H2,1-2H3,(H,26,27)(H,28,29). The molecule has 160 valence electrons. The molecule has 2 saturated carbocycles. The molecule has 0 radical (unpaired) electrons. The summed E-state index contributed by atoms with van der Waals surface area (Å²) in [5.74, 6) is -1.22. The van der Waals surface area contributed by atoms with Gasteiger partial charge in [-0.2, -0.15) is 0 Å². The van der Waals surface area contributed by atoms with E-state index in [-0.39, 0.29) is 5.41 Å². The summed E-state index contributed by atoms with van der Waals surface area (Å²) in [6.45, 7) is 4.32. The van der Waals surface area contributed by atoms with Crippen LogP contribution in [0, 0.1) is 24.7 Å². The fourth-order valence-electron chi connectivity index (χ4n) is 4.58. The molecule has 0 heterocycles. The third-order valence-electron chi connectivity index (χ3n) is 7.38. The van der Waals surface area contributed by atoms with Crippen molar-refractivity contribution in [3.05, 3.63) is 34.4 Å². The molecule has 4 nitrogen and oxygen atoms in total. The monoisotopic (exact) mass is 400 g/mol. The van der Waals surface area contributed by atoms with Gasteiger partial charge in [0, 0.05) is 0 Å². The van der Waals surface area contributed by atoms with Gasteiger partial charge >= 0.3 is 11.9 Å². The normalized spacial score (nSPS) is 18.4. The first-order chi connectivity index (χ1) is 13.8. The number of carbonyl (C=O) groups is 2. The van der Waals surface area contributed by atoms with Crippen LogP contribution in [0.1, 0.15) is 92.9 Å². The highest BCUT2D eigenvalue weighted by Gasteiger charge is 2.49. The minimum absolute atomic E-state index is 0.388. The summed E-state index contributed by atoms with van der Waals surface area (Å²) in [6.07, 6.45) is 12.3. The maximum Gasteiger partial charge on any atom is 0.309 e. The highest BCUT2D eigenvalue weighted by atomic mass is 16.4. The van der Waals surface area contributed by atoms with Crippen LogP contribution in [0.4, 0.5) is 0 Å². The number of benzene rings is 1. The van der Waals surface area contributed by atoms with Crippen molar-refractivity contribution in [3.63, 3.8) is 0 Å². The lowest BCUT2D eigenvalue weighted by Gasteiger charge is -2.15. The average Bonchev–Trinajstić information content (AvgIpc) is 3.57. The van der Waals surface area contributed by atoms with E-state index in [0.717, 1.165) is 83.5 Å². The Bertz CT molecular complexity index is 756. The van der Waals surface area contributed by atoms with Crippen molar-refractivity contribution < 1.29 is 19.8 Å². The summed E-state index contributed by atoms with van der Waals surface area (Å²) in [7, 11) is 0. The third kappa shape index (κ3) is 5.40. The van der Waals surface area contributed by atoms with Crippen LogP contribution in [0.2, 0.25) is 0 Å². The van der Waals surface area contributed by atoms with Crippen LogP contribution < -0.4 is 0 Å². The lowest BCUT2D eigenvalue weighted by molar-refractivity contribution is -0.144. The summed E-state index contributed by atoms with van der Waals surface area (Å²) >= 11 is 0. The molecule has 4 heteroatoms. The fraction of sp³-hybridized carbons (Fsp3) is 0.680. The molecule has 0 amide bonds. The number of aliphatic carboxylic acids is 2. The van der Waals surface area contributed by atoms with Crippen LogP contribution in [0.25, 0.3) is 0 Å². The van der Waals surface area contributed by atoms with Crippen LogP contribution in [0.3, 0.4) is 0 Å². The van der Waals surface area contributed by atoms with Crippen LogP contribution in [-0.4, -0.2) is 22.2 Å². The topological polar surface area (TPSA) is 74.6 Å². The van der Waals surface area contributed by atoms with Gasteiger partial charge in [-0.3, -0.25) is 9.59 Å². The first-order valence-corrected chi connectivity index (χ1v) is 11.3. The minimum atomic E-state index is -0.611. The predicted octanol–water partition coefficient (Wildman–Crippen LogP) is 5.85. The Kier molecular flexibility index (Phi) is 6.70. The van der Waals surface area contributed by atoms with Gasteiger partial charge in [-0.25, -0.2) is 0 Å². The minimum Gasteiger partial charge on any atom is -0.481 e. The molecule has 2 fully saturated rings. The molecular formula is C25H36O4. The SMILES string of the molecule is Cc1cc(CCCCCC2(C(=O)O)CC2)c(CCCCC2(C(=O)O)CC2)cc1C. The van der Waals surface area contributed by atoms with Gasteiger partial charge in [-0.1, -0.05) is 31.4 Å². The van der Waals surface area contributed by atoms with Gasteiger partial charge < -0.3 is 10.2 Å². The molecule has 2 N–H and O–H groups in total. The van der Waals surface area contributed by atoms with Gasteiger partial charge in [0.2, 0.25) is 0 Å². The highest BCUT2D eigenvalue weighted by molar-refractivity contribution is 5.78. The second kappa shape index (κ2) is 8.89. The lowest BCUT2D eigenvalue weighted by Crippen LogP contribution is -2.14. The summed E-state index contributed by atoms with van der Waals surface area (Å²) in [6, 6.07) is 4.64. The molecule has 0 aromatic heterocycles. The van der Waals surface area contributed by atoms with Gasteiger partial charge in [0.25, 0.3) is 0 Å². The van der Waals surface area contributed by atoms with Crippen molar-refractivity contribution >= 4 is 11.9 Å². The molecular weight excluding hydrogens is 364 g/mol. The smallest absolute Gasteiger partial charge is 0.309 e. The number of hydrogen-bond donors (Lipinski definition) is 2. The number of carboxylic acids is 2. The Morgan fingerprint density at radius 2 is 1.10 bits per heavy atom. The zero-order valence-electron chi connectivity index (χ0n) is 18.1. The van der Waals surface area contributed by atoms with Gasteiger partial charge in [0.1, 0.15) is 0 Å². The van der Waals surface area contributed by atoms with Gasteiger partial charge in [-0.15, -0.1) is 0 Å². The molecule has 2 aliphatic carbocycles. The molecule has 0 unspecified atom stereocenters. The Morgan fingerprint density at radius 3 is 1.48 bits per heavy atom. The van der Waals surface area contributed by atoms with Crippen LogP contribution >= 0.6 is 0 Å². The molecule has 0 atom stereocenters. The zero-order valence-corrected chi connectivity index (χ0v) is 18.1. The van der Waals surface area contributed by atoms with Crippen LogP contribution in [0.15, 0.2) is 12.1 Å². The van der Waals surface area contributed by atoms with Crippen molar-refractivity contribution in [1.82, 2.24) is 0 Å². The highest BCUT2D eigenvalue weighted by Crippen LogP contribution is 2.50. The van der Waals surface area contributed by atoms with Crippen molar-refractivity contribution in [3.8, 4) is 0 Å².